The molecule has 0 atom stereocenters. The van der Waals surface area contributed by atoms with Gasteiger partial charge < -0.3 is 4.74 Å². The lowest BCUT2D eigenvalue weighted by Crippen LogP contribution is -2.33. The first-order valence-electron chi connectivity index (χ1n) is 6.04. The van der Waals surface area contributed by atoms with Gasteiger partial charge in [0.1, 0.15) is 5.60 Å². The summed E-state index contributed by atoms with van der Waals surface area (Å²) in [4.78, 5) is 12.7. The Balaban J connectivity index is 2.57. The zero-order valence-electron chi connectivity index (χ0n) is 11.5. The van der Waals surface area contributed by atoms with Crippen molar-refractivity contribution in [2.75, 3.05) is 6.54 Å². The molecule has 4 heteroatoms. The summed E-state index contributed by atoms with van der Waals surface area (Å²) in [6.07, 6.45) is 4.79. The zero-order valence-corrected chi connectivity index (χ0v) is 11.5. The molecule has 1 rings (SSSR count). The number of nitrogens with zero attached hydrogens (tertiary/aromatic N) is 2. The molecule has 19 heavy (non-hydrogen) atoms. The molecule has 0 aliphatic rings. The number of carbonyl (C=O) groups excluding carboxylic acids is 1. The van der Waals surface area contributed by atoms with E-state index < -0.39 is 11.7 Å². The van der Waals surface area contributed by atoms with Crippen LogP contribution < -0.4 is 0 Å². The van der Waals surface area contributed by atoms with Crippen LogP contribution in [0, 0.1) is 11.5 Å². The predicted molar refractivity (Wildman–Crippen MR) is 74.0 cm³/mol. The molecule has 0 aliphatic carbocycles. The highest BCUT2D eigenvalue weighted by atomic mass is 16.6. The normalized spacial score (nSPS) is 11.1. The Labute approximate surface area is 113 Å². The SMILES string of the molecule is CC(C)(C)OC(=O)N(C#N)C/C=C/c1ccccc1. The third-order valence-electron chi connectivity index (χ3n) is 2.13. The lowest BCUT2D eigenvalue weighted by Gasteiger charge is -2.22. The van der Waals surface area contributed by atoms with Crippen molar-refractivity contribution < 1.29 is 9.53 Å². The van der Waals surface area contributed by atoms with Crippen molar-refractivity contribution in [3.8, 4) is 6.19 Å². The summed E-state index contributed by atoms with van der Waals surface area (Å²) < 4.78 is 5.12. The zero-order chi connectivity index (χ0) is 14.3. The first-order valence-corrected chi connectivity index (χ1v) is 6.04. The highest BCUT2D eigenvalue weighted by Gasteiger charge is 2.21. The van der Waals surface area contributed by atoms with Crippen molar-refractivity contribution in [2.24, 2.45) is 0 Å². The van der Waals surface area contributed by atoms with Gasteiger partial charge >= 0.3 is 6.09 Å². The van der Waals surface area contributed by atoms with E-state index in [0.717, 1.165) is 10.5 Å². The standard InChI is InChI=1S/C15H18N2O2/c1-15(2,3)19-14(18)17(12-16)11-7-10-13-8-5-4-6-9-13/h4-10H,11H2,1-3H3/b10-7+. The number of nitriles is 1. The number of ether oxygens (including phenoxy) is 1. The van der Waals surface area contributed by atoms with Gasteiger partial charge in [0.25, 0.3) is 0 Å². The molecular weight excluding hydrogens is 240 g/mol. The van der Waals surface area contributed by atoms with Crippen molar-refractivity contribution in [3.05, 3.63) is 42.0 Å². The number of benzene rings is 1. The second-order valence-corrected chi connectivity index (χ2v) is 5.00. The summed E-state index contributed by atoms with van der Waals surface area (Å²) in [5, 5.41) is 8.93. The third kappa shape index (κ3) is 5.73. The number of hydrogen-bond acceptors (Lipinski definition) is 3. The van der Waals surface area contributed by atoms with E-state index in [-0.39, 0.29) is 6.54 Å². The quantitative estimate of drug-likeness (QED) is 0.616. The van der Waals surface area contributed by atoms with E-state index in [1.54, 1.807) is 26.8 Å². The highest BCUT2D eigenvalue weighted by Crippen LogP contribution is 2.09. The first kappa shape index (κ1) is 14.8. The Morgan fingerprint density at radius 2 is 2.00 bits per heavy atom. The molecule has 0 bridgehead atoms. The van der Waals surface area contributed by atoms with Gasteiger partial charge in [-0.05, 0) is 26.3 Å². The van der Waals surface area contributed by atoms with E-state index in [0.29, 0.717) is 0 Å². The minimum Gasteiger partial charge on any atom is -0.443 e. The number of rotatable bonds is 3. The fraction of sp³-hybridized carbons (Fsp3) is 0.333. The molecule has 0 saturated carbocycles. The van der Waals surface area contributed by atoms with Crippen molar-refractivity contribution in [1.82, 2.24) is 4.90 Å². The molecule has 0 radical (unpaired) electrons. The van der Waals surface area contributed by atoms with Gasteiger partial charge in [0, 0.05) is 0 Å². The van der Waals surface area contributed by atoms with Crippen LogP contribution in [0.25, 0.3) is 6.08 Å². The summed E-state index contributed by atoms with van der Waals surface area (Å²) >= 11 is 0. The largest absolute Gasteiger partial charge is 0.443 e. The highest BCUT2D eigenvalue weighted by molar-refractivity contribution is 5.70. The first-order chi connectivity index (χ1) is 8.92. The van der Waals surface area contributed by atoms with Gasteiger partial charge in [-0.1, -0.05) is 42.5 Å². The van der Waals surface area contributed by atoms with Gasteiger partial charge in [0.2, 0.25) is 0 Å². The molecule has 4 nitrogen and oxygen atoms in total. The Morgan fingerprint density at radius 3 is 2.53 bits per heavy atom. The molecule has 100 valence electrons. The summed E-state index contributed by atoms with van der Waals surface area (Å²) in [5.74, 6) is 0. The molecular formula is C15H18N2O2. The van der Waals surface area contributed by atoms with Crippen LogP contribution in [-0.4, -0.2) is 23.1 Å². The average molecular weight is 258 g/mol. The molecule has 1 aromatic carbocycles. The van der Waals surface area contributed by atoms with Crippen LogP contribution in [0.1, 0.15) is 26.3 Å². The summed E-state index contributed by atoms with van der Waals surface area (Å²) in [5.41, 5.74) is 0.416. The number of amides is 1. The molecule has 0 aliphatic heterocycles. The maximum atomic E-state index is 11.7. The van der Waals surface area contributed by atoms with E-state index in [2.05, 4.69) is 0 Å². The van der Waals surface area contributed by atoms with Crippen LogP contribution in [0.4, 0.5) is 4.79 Å². The Hall–Kier alpha value is -2.28. The van der Waals surface area contributed by atoms with Gasteiger partial charge in [0.15, 0.2) is 6.19 Å². The van der Waals surface area contributed by atoms with E-state index in [1.165, 1.54) is 0 Å². The lowest BCUT2D eigenvalue weighted by molar-refractivity contribution is 0.0365. The molecule has 1 aromatic rings. The average Bonchev–Trinajstić information content (AvgIpc) is 2.33. The summed E-state index contributed by atoms with van der Waals surface area (Å²) in [6, 6.07) is 9.67. The Kier molecular flexibility index (Phi) is 5.13. The van der Waals surface area contributed by atoms with Gasteiger partial charge in [0.05, 0.1) is 6.54 Å². The maximum Gasteiger partial charge on any atom is 0.423 e. The minimum atomic E-state index is -0.632. The maximum absolute atomic E-state index is 11.7. The number of hydrogen-bond donors (Lipinski definition) is 0. The molecule has 0 saturated heterocycles. The fourth-order valence-electron chi connectivity index (χ4n) is 1.33. The van der Waals surface area contributed by atoms with Gasteiger partial charge in [-0.3, -0.25) is 0 Å². The Morgan fingerprint density at radius 1 is 1.37 bits per heavy atom. The fourth-order valence-corrected chi connectivity index (χ4v) is 1.33. The van der Waals surface area contributed by atoms with Gasteiger partial charge in [-0.25, -0.2) is 9.69 Å². The van der Waals surface area contributed by atoms with Gasteiger partial charge in [-0.2, -0.15) is 5.26 Å². The van der Waals surface area contributed by atoms with Crippen molar-refractivity contribution in [3.63, 3.8) is 0 Å². The van der Waals surface area contributed by atoms with Crippen LogP contribution in [0.3, 0.4) is 0 Å². The molecule has 0 unspecified atom stereocenters. The third-order valence-corrected chi connectivity index (χ3v) is 2.13. The number of carbonyl (C=O) groups is 1. The van der Waals surface area contributed by atoms with Crippen LogP contribution in [0.2, 0.25) is 0 Å². The summed E-state index contributed by atoms with van der Waals surface area (Å²) in [7, 11) is 0. The monoisotopic (exact) mass is 258 g/mol. The van der Waals surface area contributed by atoms with Crippen LogP contribution in [-0.2, 0) is 4.74 Å². The van der Waals surface area contributed by atoms with E-state index in [1.807, 2.05) is 42.6 Å². The smallest absolute Gasteiger partial charge is 0.423 e. The van der Waals surface area contributed by atoms with Crippen LogP contribution in [0.15, 0.2) is 36.4 Å². The predicted octanol–water partition coefficient (Wildman–Crippen LogP) is 3.42. The molecule has 0 N–H and O–H groups in total. The van der Waals surface area contributed by atoms with Crippen LogP contribution >= 0.6 is 0 Å². The second kappa shape index (κ2) is 6.60. The van der Waals surface area contributed by atoms with E-state index in [9.17, 15) is 4.79 Å². The minimum absolute atomic E-state index is 0.195. The lowest BCUT2D eigenvalue weighted by atomic mass is 10.2. The molecule has 0 aromatic heterocycles. The van der Waals surface area contributed by atoms with Crippen molar-refractivity contribution >= 4 is 12.2 Å². The van der Waals surface area contributed by atoms with Crippen LogP contribution in [0.5, 0.6) is 0 Å². The van der Waals surface area contributed by atoms with E-state index >= 15 is 0 Å². The van der Waals surface area contributed by atoms with Crippen molar-refractivity contribution in [1.29, 1.82) is 5.26 Å². The van der Waals surface area contributed by atoms with Crippen molar-refractivity contribution in [2.45, 2.75) is 26.4 Å². The molecule has 0 spiro atoms. The Bertz CT molecular complexity index is 481. The summed E-state index contributed by atoms with van der Waals surface area (Å²) in [6.45, 7) is 5.49. The van der Waals surface area contributed by atoms with E-state index in [4.69, 9.17) is 10.00 Å². The topological polar surface area (TPSA) is 53.3 Å². The van der Waals surface area contributed by atoms with Gasteiger partial charge in [-0.15, -0.1) is 0 Å². The second-order valence-electron chi connectivity index (χ2n) is 5.00. The molecule has 0 fully saturated rings. The molecule has 1 amide bonds. The molecule has 0 heterocycles.